The molecule has 0 radical (unpaired) electrons. The molecule has 0 spiro atoms. The lowest BCUT2D eigenvalue weighted by molar-refractivity contribution is -0.153. The first-order valence-corrected chi connectivity index (χ1v) is 12.9. The molecule has 12 heteroatoms. The molecular formula is C26H23Cl2F2N3O5. The number of halogens is 4. The van der Waals surface area contributed by atoms with Gasteiger partial charge >= 0.3 is 0 Å². The van der Waals surface area contributed by atoms with Gasteiger partial charge in [0.25, 0.3) is 11.8 Å². The summed E-state index contributed by atoms with van der Waals surface area (Å²) in [5, 5.41) is 6.30. The molecule has 0 unspecified atom stereocenters. The summed E-state index contributed by atoms with van der Waals surface area (Å²) in [6, 6.07) is 8.68. The minimum atomic E-state index is -1.18. The third kappa shape index (κ3) is 4.53. The summed E-state index contributed by atoms with van der Waals surface area (Å²) in [7, 11) is 0. The fourth-order valence-corrected chi connectivity index (χ4v) is 5.95. The van der Waals surface area contributed by atoms with Crippen molar-refractivity contribution in [2.45, 2.75) is 49.0 Å². The zero-order valence-corrected chi connectivity index (χ0v) is 21.5. The number of carbonyl (C=O) groups is 3. The second-order valence-corrected chi connectivity index (χ2v) is 11.4. The molecule has 200 valence electrons. The number of benzene rings is 2. The topological polar surface area (TPSA) is 97.0 Å². The van der Waals surface area contributed by atoms with E-state index in [0.717, 1.165) is 6.07 Å². The number of ether oxygens (including phenoxy) is 2. The summed E-state index contributed by atoms with van der Waals surface area (Å²) in [6.45, 7) is -0.339. The molecule has 5 aliphatic rings. The van der Waals surface area contributed by atoms with E-state index in [1.165, 1.54) is 17.0 Å². The molecular weight excluding hydrogens is 543 g/mol. The number of hydrogen-bond acceptors (Lipinski definition) is 5. The van der Waals surface area contributed by atoms with Gasteiger partial charge in [-0.15, -0.1) is 0 Å². The van der Waals surface area contributed by atoms with Gasteiger partial charge in [0.2, 0.25) is 5.91 Å². The van der Waals surface area contributed by atoms with E-state index in [1.807, 2.05) is 0 Å². The molecule has 2 bridgehead atoms. The van der Waals surface area contributed by atoms with Crippen molar-refractivity contribution in [3.63, 3.8) is 0 Å². The Morgan fingerprint density at radius 1 is 1.08 bits per heavy atom. The Bertz CT molecular complexity index is 1340. The molecule has 2 aromatic carbocycles. The van der Waals surface area contributed by atoms with Crippen LogP contribution in [0.2, 0.25) is 10.0 Å². The SMILES string of the molecule is O=C(COc1ccc(Cl)c(F)c1)NC12CC(NC(=O)[C@@H]3CN(C(=O)[C@H]4C[C@H]4F)c4cc(Cl)ccc4O3)(C1)C2. The van der Waals surface area contributed by atoms with Crippen LogP contribution in [-0.4, -0.2) is 54.2 Å². The van der Waals surface area contributed by atoms with E-state index in [9.17, 15) is 23.2 Å². The third-order valence-corrected chi connectivity index (χ3v) is 8.04. The molecule has 7 rings (SSSR count). The largest absolute Gasteiger partial charge is 0.484 e. The number of amides is 3. The van der Waals surface area contributed by atoms with Gasteiger partial charge in [-0.25, -0.2) is 8.78 Å². The van der Waals surface area contributed by atoms with E-state index >= 15 is 0 Å². The lowest BCUT2D eigenvalue weighted by atomic mass is 9.44. The predicted molar refractivity (Wildman–Crippen MR) is 134 cm³/mol. The van der Waals surface area contributed by atoms with E-state index in [4.69, 9.17) is 32.7 Å². The van der Waals surface area contributed by atoms with Crippen LogP contribution in [0.3, 0.4) is 0 Å². The van der Waals surface area contributed by atoms with Gasteiger partial charge in [-0.1, -0.05) is 23.2 Å². The number of carbonyl (C=O) groups excluding carboxylic acids is 3. The molecule has 2 aromatic rings. The lowest BCUT2D eigenvalue weighted by Gasteiger charge is -2.70. The average molecular weight is 566 g/mol. The summed E-state index contributed by atoms with van der Waals surface area (Å²) >= 11 is 11.7. The second-order valence-electron chi connectivity index (χ2n) is 10.5. The van der Waals surface area contributed by atoms with Crippen LogP contribution in [0.1, 0.15) is 25.7 Å². The molecule has 1 aliphatic heterocycles. The van der Waals surface area contributed by atoms with Gasteiger partial charge < -0.3 is 25.0 Å². The van der Waals surface area contributed by atoms with Crippen molar-refractivity contribution in [3.8, 4) is 11.5 Å². The van der Waals surface area contributed by atoms with E-state index in [1.54, 1.807) is 18.2 Å². The van der Waals surface area contributed by atoms with Crippen LogP contribution in [0, 0.1) is 11.7 Å². The number of alkyl halides is 1. The molecule has 2 N–H and O–H groups in total. The highest BCUT2D eigenvalue weighted by molar-refractivity contribution is 6.31. The molecule has 8 nitrogen and oxygen atoms in total. The lowest BCUT2D eigenvalue weighted by Crippen LogP contribution is -2.84. The molecule has 1 heterocycles. The number of rotatable bonds is 7. The maximum absolute atomic E-state index is 13.6. The van der Waals surface area contributed by atoms with Gasteiger partial charge in [0, 0.05) is 22.2 Å². The summed E-state index contributed by atoms with van der Waals surface area (Å²) in [6.07, 6.45) is -0.357. The van der Waals surface area contributed by atoms with Gasteiger partial charge in [0.05, 0.1) is 23.2 Å². The normalized spacial score (nSPS) is 30.1. The highest BCUT2D eigenvalue weighted by Crippen LogP contribution is 2.60. The Kier molecular flexibility index (Phi) is 5.95. The predicted octanol–water partition coefficient (Wildman–Crippen LogP) is 3.57. The number of nitrogens with one attached hydrogen (secondary N) is 2. The second kappa shape index (κ2) is 8.98. The number of nitrogens with zero attached hydrogens (tertiary/aromatic N) is 1. The molecule has 0 saturated heterocycles. The van der Waals surface area contributed by atoms with Crippen LogP contribution in [-0.2, 0) is 14.4 Å². The van der Waals surface area contributed by atoms with Crippen LogP contribution in [0.5, 0.6) is 11.5 Å². The van der Waals surface area contributed by atoms with E-state index in [0.29, 0.717) is 35.7 Å². The standard InChI is InChI=1S/C26H23Cl2F2N3O5/c27-13-1-4-20-19(5-13)33(24(36)15-7-17(15)29)8-21(38-20)23(35)32-26-10-25(11-26,12-26)31-22(34)9-37-14-2-3-16(28)18(30)6-14/h1-6,15,17,21H,7-12H2,(H,31,34)(H,32,35)/t15-,17+,21-,25?,26?/m0/s1. The molecule has 4 fully saturated rings. The molecule has 3 amide bonds. The highest BCUT2D eigenvalue weighted by Gasteiger charge is 2.69. The monoisotopic (exact) mass is 565 g/mol. The van der Waals surface area contributed by atoms with Crippen LogP contribution in [0.4, 0.5) is 14.5 Å². The minimum Gasteiger partial charge on any atom is -0.484 e. The van der Waals surface area contributed by atoms with Gasteiger partial charge in [0.1, 0.15) is 23.5 Å². The van der Waals surface area contributed by atoms with Crippen LogP contribution < -0.4 is 25.0 Å². The van der Waals surface area contributed by atoms with Crippen molar-refractivity contribution in [2.75, 3.05) is 18.1 Å². The molecule has 38 heavy (non-hydrogen) atoms. The maximum Gasteiger partial charge on any atom is 0.263 e. The maximum atomic E-state index is 13.6. The first-order chi connectivity index (χ1) is 18.1. The average Bonchev–Trinajstić information content (AvgIpc) is 3.57. The number of hydrogen-bond donors (Lipinski definition) is 2. The van der Waals surface area contributed by atoms with Crippen molar-refractivity contribution in [1.29, 1.82) is 0 Å². The first kappa shape index (κ1) is 25.2. The van der Waals surface area contributed by atoms with E-state index in [2.05, 4.69) is 10.6 Å². The summed E-state index contributed by atoms with van der Waals surface area (Å²) in [4.78, 5) is 39.8. The number of anilines is 1. The smallest absolute Gasteiger partial charge is 0.263 e. The van der Waals surface area contributed by atoms with Crippen molar-refractivity contribution >= 4 is 46.6 Å². The quantitative estimate of drug-likeness (QED) is 0.535. The fraction of sp³-hybridized carbons (Fsp3) is 0.423. The Hall–Kier alpha value is -3.11. The van der Waals surface area contributed by atoms with Crippen molar-refractivity contribution in [2.24, 2.45) is 5.92 Å². The zero-order valence-electron chi connectivity index (χ0n) is 19.9. The molecule has 3 atom stereocenters. The van der Waals surface area contributed by atoms with Crippen LogP contribution in [0.25, 0.3) is 0 Å². The van der Waals surface area contributed by atoms with Gasteiger partial charge in [-0.2, -0.15) is 0 Å². The summed E-state index contributed by atoms with van der Waals surface area (Å²) < 4.78 is 38.4. The van der Waals surface area contributed by atoms with Crippen molar-refractivity contribution < 1.29 is 32.6 Å². The van der Waals surface area contributed by atoms with Crippen molar-refractivity contribution in [3.05, 3.63) is 52.3 Å². The van der Waals surface area contributed by atoms with Crippen LogP contribution in [0.15, 0.2) is 36.4 Å². The minimum absolute atomic E-state index is 0.0362. The fourth-order valence-electron chi connectivity index (χ4n) is 5.66. The van der Waals surface area contributed by atoms with E-state index < -0.39 is 41.0 Å². The Balaban J connectivity index is 1.03. The van der Waals surface area contributed by atoms with Crippen LogP contribution >= 0.6 is 23.2 Å². The molecule has 4 saturated carbocycles. The highest BCUT2D eigenvalue weighted by atomic mass is 35.5. The summed E-state index contributed by atoms with van der Waals surface area (Å²) in [5.74, 6) is -1.97. The third-order valence-electron chi connectivity index (χ3n) is 7.50. The van der Waals surface area contributed by atoms with Gasteiger partial charge in [-0.05, 0) is 56.0 Å². The Morgan fingerprint density at radius 2 is 1.79 bits per heavy atom. The molecule has 0 aromatic heterocycles. The Labute approximate surface area is 226 Å². The van der Waals surface area contributed by atoms with Crippen molar-refractivity contribution in [1.82, 2.24) is 10.6 Å². The molecule has 4 aliphatic carbocycles. The van der Waals surface area contributed by atoms with Gasteiger partial charge in [-0.3, -0.25) is 14.4 Å². The van der Waals surface area contributed by atoms with E-state index in [-0.39, 0.29) is 42.2 Å². The Morgan fingerprint density at radius 3 is 2.47 bits per heavy atom. The zero-order chi connectivity index (χ0) is 26.8. The first-order valence-electron chi connectivity index (χ1n) is 12.2. The summed E-state index contributed by atoms with van der Waals surface area (Å²) in [5.41, 5.74) is -0.481. The number of fused-ring (bicyclic) bond motifs is 1. The van der Waals surface area contributed by atoms with Gasteiger partial charge in [0.15, 0.2) is 12.7 Å².